The Morgan fingerprint density at radius 3 is 2.52 bits per heavy atom. The van der Waals surface area contributed by atoms with Crippen LogP contribution in [0.25, 0.3) is 10.8 Å². The number of benzene rings is 3. The second-order valence-electron chi connectivity index (χ2n) is 5.58. The number of fused-ring (bicyclic) bond motifs is 1. The molecule has 0 fully saturated rings. The average Bonchev–Trinajstić information content (AvgIpc) is 2.63. The van der Waals surface area contributed by atoms with Crippen molar-refractivity contribution in [1.82, 2.24) is 0 Å². The number of aliphatic imine (C=N–C) groups is 1. The van der Waals surface area contributed by atoms with Gasteiger partial charge in [-0.05, 0) is 34.5 Å². The lowest BCUT2D eigenvalue weighted by molar-refractivity contribution is -0.384. The van der Waals surface area contributed by atoms with E-state index in [1.165, 1.54) is 30.5 Å². The number of rotatable bonds is 5. The summed E-state index contributed by atoms with van der Waals surface area (Å²) in [5.41, 5.74) is 1.11. The first-order chi connectivity index (χ1) is 12.1. The fourth-order valence-corrected chi connectivity index (χ4v) is 2.59. The molecule has 3 rings (SSSR count). The molecule has 6 nitrogen and oxygen atoms in total. The molecule has 0 heterocycles. The molecule has 0 radical (unpaired) electrons. The first-order valence-electron chi connectivity index (χ1n) is 7.69. The van der Waals surface area contributed by atoms with Crippen LogP contribution in [0.4, 0.5) is 5.69 Å². The van der Waals surface area contributed by atoms with Crippen molar-refractivity contribution in [2.45, 2.75) is 6.10 Å². The van der Waals surface area contributed by atoms with Crippen LogP contribution in [0.1, 0.15) is 17.2 Å². The number of phenolic OH excluding ortho intramolecular Hbond substituents is 1. The van der Waals surface area contributed by atoms with Crippen LogP contribution in [0, 0.1) is 10.1 Å². The molecule has 25 heavy (non-hydrogen) atoms. The molecule has 126 valence electrons. The number of non-ortho nitro benzene ring substituents is 1. The molecule has 0 spiro atoms. The Hall–Kier alpha value is -3.25. The summed E-state index contributed by atoms with van der Waals surface area (Å²) in [6.07, 6.45) is 0.654. The molecule has 6 heteroatoms. The fourth-order valence-electron chi connectivity index (χ4n) is 2.59. The summed E-state index contributed by atoms with van der Waals surface area (Å²) in [5, 5.41) is 32.7. The molecule has 0 aromatic heterocycles. The fraction of sp³-hybridized carbons (Fsp3) is 0.105. The van der Waals surface area contributed by atoms with Gasteiger partial charge in [0.2, 0.25) is 0 Å². The lowest BCUT2D eigenvalue weighted by Gasteiger charge is -2.08. The van der Waals surface area contributed by atoms with Gasteiger partial charge >= 0.3 is 0 Å². The normalized spacial score (nSPS) is 12.5. The van der Waals surface area contributed by atoms with Crippen LogP contribution in [0.2, 0.25) is 0 Å². The van der Waals surface area contributed by atoms with Gasteiger partial charge in [0.25, 0.3) is 5.69 Å². The minimum Gasteiger partial charge on any atom is -0.507 e. The number of aliphatic hydroxyl groups excluding tert-OH is 1. The van der Waals surface area contributed by atoms with Crippen molar-refractivity contribution in [3.05, 3.63) is 81.9 Å². The van der Waals surface area contributed by atoms with E-state index in [9.17, 15) is 20.3 Å². The van der Waals surface area contributed by atoms with Crippen LogP contribution in [0.5, 0.6) is 5.75 Å². The molecule has 0 unspecified atom stereocenters. The maximum atomic E-state index is 10.6. The molecule has 0 aliphatic carbocycles. The number of nitrogens with zero attached hydrogens (tertiary/aromatic N) is 2. The summed E-state index contributed by atoms with van der Waals surface area (Å²) in [4.78, 5) is 14.4. The average molecular weight is 336 g/mol. The number of aromatic hydroxyl groups is 1. The first-order valence-corrected chi connectivity index (χ1v) is 7.69. The van der Waals surface area contributed by atoms with Gasteiger partial charge in [0.05, 0.1) is 17.6 Å². The van der Waals surface area contributed by atoms with E-state index in [0.717, 1.165) is 10.8 Å². The van der Waals surface area contributed by atoms with Crippen LogP contribution < -0.4 is 0 Å². The summed E-state index contributed by atoms with van der Waals surface area (Å²) < 4.78 is 0. The van der Waals surface area contributed by atoms with Gasteiger partial charge in [-0.15, -0.1) is 0 Å². The van der Waals surface area contributed by atoms with Crippen molar-refractivity contribution < 1.29 is 15.1 Å². The highest BCUT2D eigenvalue weighted by molar-refractivity contribution is 6.02. The van der Waals surface area contributed by atoms with E-state index in [1.54, 1.807) is 6.07 Å². The molecule has 0 saturated carbocycles. The molecular weight excluding hydrogens is 320 g/mol. The van der Waals surface area contributed by atoms with Crippen molar-refractivity contribution in [2.24, 2.45) is 4.99 Å². The molecule has 0 aliphatic heterocycles. The van der Waals surface area contributed by atoms with E-state index < -0.39 is 11.0 Å². The van der Waals surface area contributed by atoms with Crippen molar-refractivity contribution in [2.75, 3.05) is 6.54 Å². The predicted molar refractivity (Wildman–Crippen MR) is 96.1 cm³/mol. The van der Waals surface area contributed by atoms with Crippen molar-refractivity contribution in [3.63, 3.8) is 0 Å². The summed E-state index contributed by atoms with van der Waals surface area (Å²) in [5.74, 6) is 0.118. The van der Waals surface area contributed by atoms with Crippen LogP contribution >= 0.6 is 0 Å². The van der Waals surface area contributed by atoms with Crippen molar-refractivity contribution in [1.29, 1.82) is 0 Å². The van der Waals surface area contributed by atoms with Crippen LogP contribution in [-0.2, 0) is 0 Å². The smallest absolute Gasteiger partial charge is 0.269 e. The Morgan fingerprint density at radius 2 is 1.80 bits per heavy atom. The lowest BCUT2D eigenvalue weighted by Crippen LogP contribution is -2.02. The number of nitro groups is 1. The third-order valence-electron chi connectivity index (χ3n) is 3.94. The highest BCUT2D eigenvalue weighted by Gasteiger charge is 2.10. The van der Waals surface area contributed by atoms with Gasteiger partial charge in [0.15, 0.2) is 0 Å². The Balaban J connectivity index is 1.77. The lowest BCUT2D eigenvalue weighted by atomic mass is 10.0. The Kier molecular flexibility index (Phi) is 4.72. The van der Waals surface area contributed by atoms with E-state index in [-0.39, 0.29) is 18.0 Å². The zero-order valence-corrected chi connectivity index (χ0v) is 13.2. The summed E-state index contributed by atoms with van der Waals surface area (Å²) in [7, 11) is 0. The third-order valence-corrected chi connectivity index (χ3v) is 3.94. The van der Waals surface area contributed by atoms with Crippen LogP contribution in [0.3, 0.4) is 0 Å². The van der Waals surface area contributed by atoms with Gasteiger partial charge in [-0.1, -0.05) is 30.3 Å². The number of nitro benzene ring substituents is 1. The van der Waals surface area contributed by atoms with E-state index in [1.807, 2.05) is 30.3 Å². The minimum atomic E-state index is -0.880. The first kappa shape index (κ1) is 16.6. The monoisotopic (exact) mass is 336 g/mol. The van der Waals surface area contributed by atoms with Gasteiger partial charge in [0, 0.05) is 23.9 Å². The standard InChI is InChI=1S/C19H16N2O4/c22-18-10-7-13-3-1-2-4-16(13)17(18)11-20-12-19(23)14-5-8-15(9-6-14)21(24)25/h1-11,19,22-23H,12H2/t19-/m0/s1. The van der Waals surface area contributed by atoms with Gasteiger partial charge in [-0.2, -0.15) is 0 Å². The highest BCUT2D eigenvalue weighted by Crippen LogP contribution is 2.25. The van der Waals surface area contributed by atoms with Gasteiger partial charge in [0.1, 0.15) is 5.75 Å². The van der Waals surface area contributed by atoms with Gasteiger partial charge < -0.3 is 10.2 Å². The zero-order chi connectivity index (χ0) is 17.8. The second kappa shape index (κ2) is 7.11. The Morgan fingerprint density at radius 1 is 1.08 bits per heavy atom. The topological polar surface area (TPSA) is 96.0 Å². The summed E-state index contributed by atoms with van der Waals surface area (Å²) >= 11 is 0. The molecule has 0 aliphatic rings. The maximum absolute atomic E-state index is 10.6. The zero-order valence-electron chi connectivity index (χ0n) is 13.2. The largest absolute Gasteiger partial charge is 0.507 e. The van der Waals surface area contributed by atoms with Gasteiger partial charge in [-0.25, -0.2) is 0 Å². The van der Waals surface area contributed by atoms with Crippen molar-refractivity contribution in [3.8, 4) is 5.75 Å². The second-order valence-corrected chi connectivity index (χ2v) is 5.58. The molecule has 3 aromatic rings. The van der Waals surface area contributed by atoms with E-state index in [2.05, 4.69) is 4.99 Å². The molecular formula is C19H16N2O4. The molecule has 1 atom stereocenters. The van der Waals surface area contributed by atoms with Crippen LogP contribution in [-0.4, -0.2) is 27.9 Å². The Labute approximate surface area is 143 Å². The molecule has 0 amide bonds. The van der Waals surface area contributed by atoms with E-state index in [4.69, 9.17) is 0 Å². The molecule has 0 bridgehead atoms. The van der Waals surface area contributed by atoms with Crippen LogP contribution in [0.15, 0.2) is 65.7 Å². The van der Waals surface area contributed by atoms with Gasteiger partial charge in [-0.3, -0.25) is 15.1 Å². The SMILES string of the molecule is O=[N+]([O-])c1ccc([C@@H](O)CN=Cc2c(O)ccc3ccccc23)cc1. The number of hydrogen-bond donors (Lipinski definition) is 2. The van der Waals surface area contributed by atoms with E-state index >= 15 is 0 Å². The Bertz CT molecular complexity index is 936. The predicted octanol–water partition coefficient (Wildman–Crippen LogP) is 3.61. The molecule has 2 N–H and O–H groups in total. The summed E-state index contributed by atoms with van der Waals surface area (Å²) in [6, 6.07) is 16.8. The maximum Gasteiger partial charge on any atom is 0.269 e. The summed E-state index contributed by atoms with van der Waals surface area (Å²) in [6.45, 7) is 0.0838. The minimum absolute atomic E-state index is 0.0277. The quantitative estimate of drug-likeness (QED) is 0.423. The van der Waals surface area contributed by atoms with Crippen molar-refractivity contribution >= 4 is 22.7 Å². The third kappa shape index (κ3) is 3.64. The number of hydrogen-bond acceptors (Lipinski definition) is 5. The molecule has 0 saturated heterocycles. The number of phenols is 1. The van der Waals surface area contributed by atoms with E-state index in [0.29, 0.717) is 11.1 Å². The highest BCUT2D eigenvalue weighted by atomic mass is 16.6. The number of aliphatic hydroxyl groups is 1. The molecule has 3 aromatic carbocycles.